The zero-order chi connectivity index (χ0) is 23.0. The fourth-order valence-corrected chi connectivity index (χ4v) is 3.88. The molecule has 3 heterocycles. The van der Waals surface area contributed by atoms with E-state index >= 15 is 0 Å². The summed E-state index contributed by atoms with van der Waals surface area (Å²) in [5.41, 5.74) is 5.76. The van der Waals surface area contributed by atoms with E-state index in [2.05, 4.69) is 39.1 Å². The number of benzene rings is 1. The Balaban J connectivity index is 1.18. The molecule has 1 aliphatic heterocycles. The highest BCUT2D eigenvalue weighted by atomic mass is 16.6. The van der Waals surface area contributed by atoms with Gasteiger partial charge in [0.2, 0.25) is 0 Å². The number of carbonyl (C=O) groups is 1. The van der Waals surface area contributed by atoms with E-state index in [1.54, 1.807) is 4.90 Å². The zero-order valence-electron chi connectivity index (χ0n) is 19.5. The SMILES string of the molecule is Cc1ccc(CCc2ccc(OC(=O)N3CCN(CCc4ccc(C)cn4)CC3)cc2)nc1. The van der Waals surface area contributed by atoms with E-state index < -0.39 is 0 Å². The minimum absolute atomic E-state index is 0.272. The molecule has 0 unspecified atom stereocenters. The van der Waals surface area contributed by atoms with Gasteiger partial charge in [0.1, 0.15) is 5.75 Å². The van der Waals surface area contributed by atoms with Crippen molar-refractivity contribution in [3.8, 4) is 5.75 Å². The second kappa shape index (κ2) is 11.1. The van der Waals surface area contributed by atoms with E-state index in [0.717, 1.165) is 50.3 Å². The minimum atomic E-state index is -0.272. The summed E-state index contributed by atoms with van der Waals surface area (Å²) in [6.07, 6.45) is 6.27. The summed E-state index contributed by atoms with van der Waals surface area (Å²) in [7, 11) is 0. The third kappa shape index (κ3) is 6.86. The van der Waals surface area contributed by atoms with Crippen LogP contribution in [0.4, 0.5) is 4.79 Å². The fourth-order valence-electron chi connectivity index (χ4n) is 3.88. The smallest absolute Gasteiger partial charge is 0.410 e. The second-order valence-corrected chi connectivity index (χ2v) is 8.74. The van der Waals surface area contributed by atoms with Crippen LogP contribution in [-0.4, -0.2) is 58.6 Å². The lowest BCUT2D eigenvalue weighted by molar-refractivity contribution is 0.111. The number of hydrogen-bond acceptors (Lipinski definition) is 5. The molecule has 6 heteroatoms. The van der Waals surface area contributed by atoms with Gasteiger partial charge >= 0.3 is 6.09 Å². The summed E-state index contributed by atoms with van der Waals surface area (Å²) >= 11 is 0. The monoisotopic (exact) mass is 444 g/mol. The van der Waals surface area contributed by atoms with E-state index in [0.29, 0.717) is 18.8 Å². The van der Waals surface area contributed by atoms with Crippen molar-refractivity contribution in [3.63, 3.8) is 0 Å². The second-order valence-electron chi connectivity index (χ2n) is 8.74. The Morgan fingerprint density at radius 2 is 1.39 bits per heavy atom. The summed E-state index contributed by atoms with van der Waals surface area (Å²) in [6.45, 7) is 8.12. The Kier molecular flexibility index (Phi) is 7.68. The largest absolute Gasteiger partial charge is 0.415 e. The van der Waals surface area contributed by atoms with Crippen molar-refractivity contribution in [2.24, 2.45) is 0 Å². The van der Waals surface area contributed by atoms with Crippen LogP contribution in [0.3, 0.4) is 0 Å². The fraction of sp³-hybridized carbons (Fsp3) is 0.370. The van der Waals surface area contributed by atoms with E-state index in [-0.39, 0.29) is 6.09 Å². The van der Waals surface area contributed by atoms with Gasteiger partial charge in [-0.05, 0) is 67.6 Å². The van der Waals surface area contributed by atoms with Gasteiger partial charge in [-0.2, -0.15) is 0 Å². The summed E-state index contributed by atoms with van der Waals surface area (Å²) in [5, 5.41) is 0. The number of hydrogen-bond donors (Lipinski definition) is 0. The van der Waals surface area contributed by atoms with Gasteiger partial charge in [0, 0.05) is 62.9 Å². The van der Waals surface area contributed by atoms with Crippen LogP contribution in [0.5, 0.6) is 5.75 Å². The van der Waals surface area contributed by atoms with Crippen molar-refractivity contribution in [3.05, 3.63) is 89.0 Å². The molecule has 0 spiro atoms. The lowest BCUT2D eigenvalue weighted by Crippen LogP contribution is -2.49. The van der Waals surface area contributed by atoms with Gasteiger partial charge in [0.05, 0.1) is 0 Å². The van der Waals surface area contributed by atoms with Crippen molar-refractivity contribution < 1.29 is 9.53 Å². The molecule has 1 amide bonds. The van der Waals surface area contributed by atoms with Crippen molar-refractivity contribution in [1.82, 2.24) is 19.8 Å². The first kappa shape index (κ1) is 22.9. The topological polar surface area (TPSA) is 58.6 Å². The molecule has 2 aromatic heterocycles. The number of aryl methyl sites for hydroxylation is 4. The normalized spacial score (nSPS) is 14.3. The van der Waals surface area contributed by atoms with Gasteiger partial charge in [0.15, 0.2) is 0 Å². The molecule has 1 fully saturated rings. The number of piperazine rings is 1. The summed E-state index contributed by atoms with van der Waals surface area (Å²) in [6, 6.07) is 16.2. The van der Waals surface area contributed by atoms with Crippen LogP contribution in [0.25, 0.3) is 0 Å². The number of rotatable bonds is 7. The van der Waals surface area contributed by atoms with Crippen LogP contribution >= 0.6 is 0 Å². The lowest BCUT2D eigenvalue weighted by Gasteiger charge is -2.33. The number of aromatic nitrogens is 2. The van der Waals surface area contributed by atoms with Crippen LogP contribution in [0.1, 0.15) is 28.1 Å². The predicted octanol–water partition coefficient (Wildman–Crippen LogP) is 4.24. The van der Waals surface area contributed by atoms with Crippen molar-refractivity contribution in [2.45, 2.75) is 33.1 Å². The Labute approximate surface area is 196 Å². The van der Waals surface area contributed by atoms with E-state index in [9.17, 15) is 4.79 Å². The molecule has 4 rings (SSSR count). The number of ether oxygens (including phenoxy) is 1. The number of carbonyl (C=O) groups excluding carboxylic acids is 1. The minimum Gasteiger partial charge on any atom is -0.410 e. The molecule has 0 aliphatic carbocycles. The summed E-state index contributed by atoms with van der Waals surface area (Å²) in [4.78, 5) is 25.7. The van der Waals surface area contributed by atoms with Crippen LogP contribution < -0.4 is 4.74 Å². The van der Waals surface area contributed by atoms with Crippen LogP contribution in [0.15, 0.2) is 60.9 Å². The molecule has 0 bridgehead atoms. The van der Waals surface area contributed by atoms with Crippen LogP contribution in [0, 0.1) is 13.8 Å². The Hall–Kier alpha value is -3.25. The lowest BCUT2D eigenvalue weighted by atomic mass is 10.1. The summed E-state index contributed by atoms with van der Waals surface area (Å²) < 4.78 is 5.61. The molecule has 172 valence electrons. The van der Waals surface area contributed by atoms with Crippen molar-refractivity contribution in [2.75, 3.05) is 32.7 Å². The number of nitrogens with zero attached hydrogens (tertiary/aromatic N) is 4. The van der Waals surface area contributed by atoms with E-state index in [4.69, 9.17) is 4.74 Å². The quantitative estimate of drug-likeness (QED) is 0.546. The highest BCUT2D eigenvalue weighted by Crippen LogP contribution is 2.16. The molecule has 0 radical (unpaired) electrons. The molecule has 0 saturated carbocycles. The van der Waals surface area contributed by atoms with E-state index in [1.807, 2.05) is 50.5 Å². The predicted molar refractivity (Wildman–Crippen MR) is 130 cm³/mol. The van der Waals surface area contributed by atoms with Crippen molar-refractivity contribution >= 4 is 6.09 Å². The highest BCUT2D eigenvalue weighted by molar-refractivity contribution is 5.70. The first-order valence-electron chi connectivity index (χ1n) is 11.7. The molecular formula is C27H32N4O2. The maximum atomic E-state index is 12.6. The van der Waals surface area contributed by atoms with Crippen LogP contribution in [0.2, 0.25) is 0 Å². The molecule has 1 saturated heterocycles. The standard InChI is InChI=1S/C27H32N4O2/c1-21-3-8-24(28-19-21)10-5-23-6-11-26(12-7-23)33-27(32)31-17-15-30(16-18-31)14-13-25-9-4-22(2)20-29-25/h3-4,6-9,11-12,19-20H,5,10,13-18H2,1-2H3. The molecular weight excluding hydrogens is 412 g/mol. The van der Waals surface area contributed by atoms with Gasteiger partial charge in [-0.1, -0.05) is 24.3 Å². The Morgan fingerprint density at radius 1 is 0.788 bits per heavy atom. The highest BCUT2D eigenvalue weighted by Gasteiger charge is 2.22. The van der Waals surface area contributed by atoms with Gasteiger partial charge in [-0.15, -0.1) is 0 Å². The molecule has 3 aromatic rings. The number of amides is 1. The Morgan fingerprint density at radius 3 is 1.97 bits per heavy atom. The first-order valence-corrected chi connectivity index (χ1v) is 11.7. The van der Waals surface area contributed by atoms with Gasteiger partial charge < -0.3 is 9.64 Å². The molecule has 0 atom stereocenters. The first-order chi connectivity index (χ1) is 16.0. The third-order valence-corrected chi connectivity index (χ3v) is 6.06. The molecule has 33 heavy (non-hydrogen) atoms. The maximum absolute atomic E-state index is 12.6. The number of pyridine rings is 2. The maximum Gasteiger partial charge on any atom is 0.415 e. The summed E-state index contributed by atoms with van der Waals surface area (Å²) in [5.74, 6) is 0.588. The average Bonchev–Trinajstić information content (AvgIpc) is 2.84. The van der Waals surface area contributed by atoms with Gasteiger partial charge in [0.25, 0.3) is 0 Å². The molecule has 6 nitrogen and oxygen atoms in total. The van der Waals surface area contributed by atoms with E-state index in [1.165, 1.54) is 16.7 Å². The third-order valence-electron chi connectivity index (χ3n) is 6.06. The zero-order valence-corrected chi connectivity index (χ0v) is 19.5. The molecule has 0 N–H and O–H groups in total. The van der Waals surface area contributed by atoms with Crippen LogP contribution in [-0.2, 0) is 19.3 Å². The average molecular weight is 445 g/mol. The molecule has 1 aromatic carbocycles. The van der Waals surface area contributed by atoms with Crippen molar-refractivity contribution in [1.29, 1.82) is 0 Å². The molecule has 1 aliphatic rings. The van der Waals surface area contributed by atoms with Gasteiger partial charge in [-0.3, -0.25) is 14.9 Å². The Bertz CT molecular complexity index is 1030. The van der Waals surface area contributed by atoms with Gasteiger partial charge in [-0.25, -0.2) is 4.79 Å².